The van der Waals surface area contributed by atoms with Crippen molar-refractivity contribution in [3.63, 3.8) is 0 Å². The number of nitrogens with zero attached hydrogens (tertiary/aromatic N) is 1. The molecule has 0 saturated carbocycles. The Hall–Kier alpha value is -3.11. The van der Waals surface area contributed by atoms with Crippen molar-refractivity contribution in [1.29, 1.82) is 0 Å². The number of methoxy groups -OCH3 is 2. The third kappa shape index (κ3) is 4.17. The first-order valence-electron chi connectivity index (χ1n) is 9.82. The summed E-state index contributed by atoms with van der Waals surface area (Å²) in [6.07, 6.45) is 0.899. The SMILES string of the molecule is COc1cc2c(cc1OC)CN(CC(=O)c1ccc(-c3ccccc3)cc1)CC2. The van der Waals surface area contributed by atoms with Gasteiger partial charge in [0.2, 0.25) is 0 Å². The Labute approximate surface area is 171 Å². The molecule has 0 aliphatic carbocycles. The van der Waals surface area contributed by atoms with Gasteiger partial charge in [-0.15, -0.1) is 0 Å². The summed E-state index contributed by atoms with van der Waals surface area (Å²) in [6, 6.07) is 22.2. The van der Waals surface area contributed by atoms with E-state index >= 15 is 0 Å². The molecular weight excluding hydrogens is 362 g/mol. The lowest BCUT2D eigenvalue weighted by Crippen LogP contribution is -2.34. The average Bonchev–Trinajstić information content (AvgIpc) is 2.78. The molecule has 0 saturated heterocycles. The van der Waals surface area contributed by atoms with Crippen molar-refractivity contribution in [2.24, 2.45) is 0 Å². The van der Waals surface area contributed by atoms with Crippen LogP contribution in [0.3, 0.4) is 0 Å². The van der Waals surface area contributed by atoms with Gasteiger partial charge in [0.15, 0.2) is 17.3 Å². The largest absolute Gasteiger partial charge is 0.493 e. The highest BCUT2D eigenvalue weighted by molar-refractivity contribution is 5.98. The predicted molar refractivity (Wildman–Crippen MR) is 115 cm³/mol. The number of carbonyl (C=O) groups is 1. The van der Waals surface area contributed by atoms with Crippen LogP contribution in [-0.2, 0) is 13.0 Å². The van der Waals surface area contributed by atoms with E-state index in [9.17, 15) is 4.79 Å². The smallest absolute Gasteiger partial charge is 0.176 e. The van der Waals surface area contributed by atoms with E-state index in [1.54, 1.807) is 14.2 Å². The number of benzene rings is 3. The number of hydrogen-bond acceptors (Lipinski definition) is 4. The molecule has 0 radical (unpaired) electrons. The van der Waals surface area contributed by atoms with Gasteiger partial charge in [0.1, 0.15) is 0 Å². The Kier molecular flexibility index (Phi) is 5.63. The molecule has 0 amide bonds. The van der Waals surface area contributed by atoms with Gasteiger partial charge in [0.05, 0.1) is 20.8 Å². The van der Waals surface area contributed by atoms with Crippen molar-refractivity contribution in [2.75, 3.05) is 27.3 Å². The van der Waals surface area contributed by atoms with Crippen LogP contribution in [-0.4, -0.2) is 38.0 Å². The highest BCUT2D eigenvalue weighted by Crippen LogP contribution is 2.33. The van der Waals surface area contributed by atoms with Crippen molar-refractivity contribution >= 4 is 5.78 Å². The predicted octanol–water partition coefficient (Wildman–Crippen LogP) is 4.61. The molecule has 0 unspecified atom stereocenters. The Morgan fingerprint density at radius 2 is 1.48 bits per heavy atom. The van der Waals surface area contributed by atoms with Crippen LogP contribution >= 0.6 is 0 Å². The van der Waals surface area contributed by atoms with E-state index in [1.165, 1.54) is 11.1 Å². The zero-order valence-electron chi connectivity index (χ0n) is 16.9. The maximum atomic E-state index is 12.8. The molecule has 1 aliphatic rings. The zero-order valence-corrected chi connectivity index (χ0v) is 16.9. The van der Waals surface area contributed by atoms with Gasteiger partial charge in [0, 0.05) is 18.7 Å². The van der Waals surface area contributed by atoms with Crippen LogP contribution < -0.4 is 9.47 Å². The van der Waals surface area contributed by atoms with Crippen LogP contribution in [0.2, 0.25) is 0 Å². The van der Waals surface area contributed by atoms with Crippen molar-refractivity contribution < 1.29 is 14.3 Å². The Morgan fingerprint density at radius 3 is 2.14 bits per heavy atom. The summed E-state index contributed by atoms with van der Waals surface area (Å²) in [5, 5.41) is 0. The minimum Gasteiger partial charge on any atom is -0.493 e. The number of ketones is 1. The molecule has 0 fully saturated rings. The van der Waals surface area contributed by atoms with E-state index < -0.39 is 0 Å². The minimum atomic E-state index is 0.147. The fourth-order valence-corrected chi connectivity index (χ4v) is 3.85. The van der Waals surface area contributed by atoms with E-state index in [0.29, 0.717) is 6.54 Å². The van der Waals surface area contributed by atoms with E-state index in [4.69, 9.17) is 9.47 Å². The van der Waals surface area contributed by atoms with Gasteiger partial charge in [-0.1, -0.05) is 54.6 Å². The molecule has 0 aromatic heterocycles. The number of fused-ring (bicyclic) bond motifs is 1. The van der Waals surface area contributed by atoms with Gasteiger partial charge in [-0.3, -0.25) is 9.69 Å². The van der Waals surface area contributed by atoms with Gasteiger partial charge in [-0.05, 0) is 40.8 Å². The molecule has 4 nitrogen and oxygen atoms in total. The normalized spacial score (nSPS) is 13.6. The molecule has 4 heteroatoms. The van der Waals surface area contributed by atoms with Crippen LogP contribution in [0.4, 0.5) is 0 Å². The lowest BCUT2D eigenvalue weighted by atomic mass is 9.98. The Bertz CT molecular complexity index is 997. The average molecular weight is 387 g/mol. The van der Waals surface area contributed by atoms with Gasteiger partial charge in [-0.25, -0.2) is 0 Å². The molecule has 0 spiro atoms. The lowest BCUT2D eigenvalue weighted by Gasteiger charge is -2.29. The second kappa shape index (κ2) is 8.50. The molecule has 148 valence electrons. The molecule has 0 N–H and O–H groups in total. The summed E-state index contributed by atoms with van der Waals surface area (Å²) in [5.74, 6) is 1.64. The van der Waals surface area contributed by atoms with Crippen molar-refractivity contribution in [2.45, 2.75) is 13.0 Å². The maximum Gasteiger partial charge on any atom is 0.176 e. The van der Waals surface area contributed by atoms with Crippen molar-refractivity contribution in [3.05, 3.63) is 83.4 Å². The van der Waals surface area contributed by atoms with Crippen molar-refractivity contribution in [1.82, 2.24) is 4.90 Å². The van der Waals surface area contributed by atoms with Crippen LogP contribution in [0.15, 0.2) is 66.7 Å². The van der Waals surface area contributed by atoms with Crippen LogP contribution in [0.1, 0.15) is 21.5 Å². The van der Waals surface area contributed by atoms with E-state index in [-0.39, 0.29) is 5.78 Å². The second-order valence-electron chi connectivity index (χ2n) is 7.30. The second-order valence-corrected chi connectivity index (χ2v) is 7.30. The van der Waals surface area contributed by atoms with Gasteiger partial charge >= 0.3 is 0 Å². The highest BCUT2D eigenvalue weighted by Gasteiger charge is 2.21. The van der Waals surface area contributed by atoms with Crippen LogP contribution in [0, 0.1) is 0 Å². The Balaban J connectivity index is 1.44. The quantitative estimate of drug-likeness (QED) is 0.579. The summed E-state index contributed by atoms with van der Waals surface area (Å²) in [7, 11) is 3.30. The highest BCUT2D eigenvalue weighted by atomic mass is 16.5. The summed E-state index contributed by atoms with van der Waals surface area (Å²) in [4.78, 5) is 15.0. The van der Waals surface area contributed by atoms with Gasteiger partial charge in [0.25, 0.3) is 0 Å². The van der Waals surface area contributed by atoms with E-state index in [2.05, 4.69) is 23.1 Å². The lowest BCUT2D eigenvalue weighted by molar-refractivity contribution is 0.0921. The number of rotatable bonds is 6. The third-order valence-corrected chi connectivity index (χ3v) is 5.48. The van der Waals surface area contributed by atoms with E-state index in [0.717, 1.165) is 47.7 Å². The molecule has 0 bridgehead atoms. The summed E-state index contributed by atoms with van der Waals surface area (Å²) < 4.78 is 10.8. The van der Waals surface area contributed by atoms with Gasteiger partial charge in [-0.2, -0.15) is 0 Å². The molecular formula is C25H25NO3. The first-order valence-corrected chi connectivity index (χ1v) is 9.82. The fourth-order valence-electron chi connectivity index (χ4n) is 3.85. The first kappa shape index (κ1) is 19.2. The van der Waals surface area contributed by atoms with Gasteiger partial charge < -0.3 is 9.47 Å². The number of Topliss-reactive ketones (excluding diaryl/α,β-unsaturated/α-hetero) is 1. The first-order chi connectivity index (χ1) is 14.2. The van der Waals surface area contributed by atoms with Crippen LogP contribution in [0.25, 0.3) is 11.1 Å². The zero-order chi connectivity index (χ0) is 20.2. The number of hydrogen-bond donors (Lipinski definition) is 0. The molecule has 3 aromatic rings. The number of carbonyl (C=O) groups excluding carboxylic acids is 1. The summed E-state index contributed by atoms with van der Waals surface area (Å²) >= 11 is 0. The van der Waals surface area contributed by atoms with E-state index in [1.807, 2.05) is 48.5 Å². The molecule has 1 heterocycles. The molecule has 0 atom stereocenters. The third-order valence-electron chi connectivity index (χ3n) is 5.48. The molecule has 1 aliphatic heterocycles. The maximum absolute atomic E-state index is 12.8. The van der Waals surface area contributed by atoms with Crippen LogP contribution in [0.5, 0.6) is 11.5 Å². The number of ether oxygens (including phenoxy) is 2. The molecule has 4 rings (SSSR count). The fraction of sp³-hybridized carbons (Fsp3) is 0.240. The summed E-state index contributed by atoms with van der Waals surface area (Å²) in [5.41, 5.74) is 5.49. The monoisotopic (exact) mass is 387 g/mol. The van der Waals surface area contributed by atoms with Crippen molar-refractivity contribution in [3.8, 4) is 22.6 Å². The standard InChI is InChI=1S/C25H25NO3/c1-28-24-14-21-12-13-26(16-22(21)15-25(24)29-2)17-23(27)20-10-8-19(9-11-20)18-6-4-3-5-7-18/h3-11,14-15H,12-13,16-17H2,1-2H3. The topological polar surface area (TPSA) is 38.8 Å². The Morgan fingerprint density at radius 1 is 0.862 bits per heavy atom. The molecule has 3 aromatic carbocycles. The molecule has 29 heavy (non-hydrogen) atoms. The minimum absolute atomic E-state index is 0.147. The summed E-state index contributed by atoms with van der Waals surface area (Å²) in [6.45, 7) is 2.01.